The van der Waals surface area contributed by atoms with E-state index in [1.807, 2.05) is 0 Å². The van der Waals surface area contributed by atoms with Gasteiger partial charge in [0.05, 0.1) is 17.7 Å². The molecule has 0 fully saturated rings. The number of imide groups is 1. The summed E-state index contributed by atoms with van der Waals surface area (Å²) in [6.07, 6.45) is -1.01. The summed E-state index contributed by atoms with van der Waals surface area (Å²) in [7, 11) is 0. The molecular weight excluding hydrogens is 303 g/mol. The number of rotatable bonds is 3. The molecule has 1 aromatic carbocycles. The molecule has 7 heteroatoms. The molecule has 1 aliphatic rings. The van der Waals surface area contributed by atoms with Crippen molar-refractivity contribution in [3.05, 3.63) is 47.8 Å². The van der Waals surface area contributed by atoms with Crippen molar-refractivity contribution in [2.24, 2.45) is 0 Å². The van der Waals surface area contributed by atoms with Gasteiger partial charge in [0, 0.05) is 0 Å². The predicted octanol–water partition coefficient (Wildman–Crippen LogP) is 2.92. The molecular formula is C16H17FN2O4. The summed E-state index contributed by atoms with van der Waals surface area (Å²) in [5.74, 6) is -2.30. The van der Waals surface area contributed by atoms with Crippen molar-refractivity contribution in [2.45, 2.75) is 26.4 Å². The van der Waals surface area contributed by atoms with Crippen molar-refractivity contribution >= 4 is 17.9 Å². The second kappa shape index (κ2) is 5.83. The molecule has 6 nitrogen and oxygen atoms in total. The third-order valence-electron chi connectivity index (χ3n) is 2.94. The molecule has 122 valence electrons. The van der Waals surface area contributed by atoms with Gasteiger partial charge < -0.3 is 4.74 Å². The van der Waals surface area contributed by atoms with Gasteiger partial charge in [-0.15, -0.1) is 0 Å². The van der Waals surface area contributed by atoms with Crippen LogP contribution < -0.4 is 0 Å². The van der Waals surface area contributed by atoms with Gasteiger partial charge in [0.15, 0.2) is 0 Å². The van der Waals surface area contributed by atoms with Crippen LogP contribution in [0.2, 0.25) is 0 Å². The standard InChI is InChI=1S/C16H17FN2O4/c1-10(17)9-18(15(22)23-16(2,3)4)19-13(20)11-7-5-6-8-12(11)14(19)21/h5-8H,1,9H2,2-4H3. The van der Waals surface area contributed by atoms with Crippen LogP contribution in [0, 0.1) is 0 Å². The molecule has 0 unspecified atom stereocenters. The average molecular weight is 320 g/mol. The number of carbonyl (C=O) groups is 3. The first kappa shape index (κ1) is 16.7. The number of fused-ring (bicyclic) bond motifs is 1. The Morgan fingerprint density at radius 1 is 1.22 bits per heavy atom. The molecule has 1 heterocycles. The summed E-state index contributed by atoms with van der Waals surface area (Å²) in [4.78, 5) is 37.1. The van der Waals surface area contributed by atoms with Crippen molar-refractivity contribution in [3.63, 3.8) is 0 Å². The van der Waals surface area contributed by atoms with Crippen LogP contribution in [0.1, 0.15) is 41.5 Å². The Labute approximate surface area is 133 Å². The van der Waals surface area contributed by atoms with E-state index in [9.17, 15) is 18.8 Å². The van der Waals surface area contributed by atoms with E-state index in [2.05, 4.69) is 6.58 Å². The zero-order valence-corrected chi connectivity index (χ0v) is 13.1. The highest BCUT2D eigenvalue weighted by atomic mass is 19.1. The fourth-order valence-corrected chi connectivity index (χ4v) is 2.09. The van der Waals surface area contributed by atoms with E-state index >= 15 is 0 Å². The molecule has 1 aromatic rings. The fraction of sp³-hybridized carbons (Fsp3) is 0.312. The largest absolute Gasteiger partial charge is 0.442 e. The van der Waals surface area contributed by atoms with E-state index in [0.717, 1.165) is 0 Å². The topological polar surface area (TPSA) is 66.9 Å². The predicted molar refractivity (Wildman–Crippen MR) is 80.1 cm³/mol. The molecule has 0 atom stereocenters. The Morgan fingerprint density at radius 3 is 2.09 bits per heavy atom. The Kier molecular flexibility index (Phi) is 4.22. The highest BCUT2D eigenvalue weighted by molar-refractivity contribution is 6.21. The van der Waals surface area contributed by atoms with Crippen LogP contribution in [0.25, 0.3) is 0 Å². The maximum atomic E-state index is 13.3. The minimum Gasteiger partial charge on any atom is -0.442 e. The van der Waals surface area contributed by atoms with Crippen molar-refractivity contribution in [3.8, 4) is 0 Å². The van der Waals surface area contributed by atoms with Crippen molar-refractivity contribution in [2.75, 3.05) is 6.54 Å². The number of hydrogen-bond donors (Lipinski definition) is 0. The molecule has 0 aromatic heterocycles. The van der Waals surface area contributed by atoms with E-state index in [1.54, 1.807) is 32.9 Å². The van der Waals surface area contributed by atoms with Crippen LogP contribution in [0.5, 0.6) is 0 Å². The molecule has 2 rings (SSSR count). The summed E-state index contributed by atoms with van der Waals surface area (Å²) in [5, 5.41) is 1.21. The summed E-state index contributed by atoms with van der Waals surface area (Å²) in [6, 6.07) is 6.12. The van der Waals surface area contributed by atoms with Gasteiger partial charge in [-0.2, -0.15) is 5.01 Å². The number of benzene rings is 1. The lowest BCUT2D eigenvalue weighted by Gasteiger charge is -2.31. The zero-order chi connectivity index (χ0) is 17.4. The summed E-state index contributed by atoms with van der Waals surface area (Å²) >= 11 is 0. The lowest BCUT2D eigenvalue weighted by molar-refractivity contribution is -0.0268. The minimum atomic E-state index is -1.01. The van der Waals surface area contributed by atoms with Gasteiger partial charge in [0.25, 0.3) is 11.8 Å². The van der Waals surface area contributed by atoms with Crippen LogP contribution in [0.15, 0.2) is 36.7 Å². The normalized spacial score (nSPS) is 13.8. The lowest BCUT2D eigenvalue weighted by atomic mass is 10.1. The molecule has 0 aliphatic carbocycles. The van der Waals surface area contributed by atoms with Gasteiger partial charge in [0.2, 0.25) is 0 Å². The molecule has 3 amide bonds. The highest BCUT2D eigenvalue weighted by Crippen LogP contribution is 2.25. The third-order valence-corrected chi connectivity index (χ3v) is 2.94. The second-order valence-corrected chi connectivity index (χ2v) is 6.02. The summed E-state index contributed by atoms with van der Waals surface area (Å²) in [5.41, 5.74) is -0.572. The van der Waals surface area contributed by atoms with Crippen LogP contribution in [0.3, 0.4) is 0 Å². The van der Waals surface area contributed by atoms with E-state index in [1.165, 1.54) is 12.1 Å². The van der Waals surface area contributed by atoms with Gasteiger partial charge in [-0.3, -0.25) is 9.59 Å². The number of hydrogen-bond acceptors (Lipinski definition) is 4. The van der Waals surface area contributed by atoms with Gasteiger partial charge in [-0.25, -0.2) is 14.2 Å². The van der Waals surface area contributed by atoms with E-state index < -0.39 is 35.9 Å². The average Bonchev–Trinajstić information content (AvgIpc) is 2.67. The van der Waals surface area contributed by atoms with Crippen LogP contribution in [0.4, 0.5) is 9.18 Å². The SMILES string of the molecule is C=C(F)CN(C(=O)OC(C)(C)C)N1C(=O)c2ccccc2C1=O. The molecule has 0 bridgehead atoms. The number of nitrogens with zero attached hydrogens (tertiary/aromatic N) is 2. The van der Waals surface area contributed by atoms with E-state index in [-0.39, 0.29) is 11.1 Å². The number of amides is 3. The molecule has 1 aliphatic heterocycles. The maximum absolute atomic E-state index is 13.3. The van der Waals surface area contributed by atoms with Gasteiger partial charge in [-0.05, 0) is 32.9 Å². The first-order valence-electron chi connectivity index (χ1n) is 6.93. The second-order valence-electron chi connectivity index (χ2n) is 6.02. The Bertz CT molecular complexity index is 659. The molecule has 0 radical (unpaired) electrons. The van der Waals surface area contributed by atoms with Crippen molar-refractivity contribution in [1.82, 2.24) is 10.0 Å². The highest BCUT2D eigenvalue weighted by Gasteiger charge is 2.42. The third kappa shape index (κ3) is 3.39. The monoisotopic (exact) mass is 320 g/mol. The summed E-state index contributed by atoms with van der Waals surface area (Å²) < 4.78 is 18.4. The Morgan fingerprint density at radius 2 is 1.70 bits per heavy atom. The van der Waals surface area contributed by atoms with Gasteiger partial charge >= 0.3 is 6.09 Å². The molecule has 0 N–H and O–H groups in total. The first-order valence-corrected chi connectivity index (χ1v) is 6.93. The summed E-state index contributed by atoms with van der Waals surface area (Å²) in [6.45, 7) is 7.29. The van der Waals surface area contributed by atoms with E-state index in [4.69, 9.17) is 4.74 Å². The van der Waals surface area contributed by atoms with Gasteiger partial charge in [-0.1, -0.05) is 18.7 Å². The van der Waals surface area contributed by atoms with Crippen LogP contribution in [-0.2, 0) is 4.74 Å². The molecule has 0 spiro atoms. The minimum absolute atomic E-state index is 0.149. The van der Waals surface area contributed by atoms with Crippen molar-refractivity contribution in [1.29, 1.82) is 0 Å². The Balaban J connectivity index is 2.38. The lowest BCUT2D eigenvalue weighted by Crippen LogP contribution is -2.51. The number of hydrazine groups is 1. The first-order chi connectivity index (χ1) is 10.6. The van der Waals surface area contributed by atoms with Crippen molar-refractivity contribution < 1.29 is 23.5 Å². The zero-order valence-electron chi connectivity index (χ0n) is 13.1. The molecule has 0 saturated carbocycles. The molecule has 23 heavy (non-hydrogen) atoms. The quantitative estimate of drug-likeness (QED) is 0.803. The Hall–Kier alpha value is -2.70. The molecule has 0 saturated heterocycles. The smallest absolute Gasteiger partial charge is 0.430 e. The van der Waals surface area contributed by atoms with Crippen LogP contribution in [-0.4, -0.2) is 40.1 Å². The van der Waals surface area contributed by atoms with Crippen LogP contribution >= 0.6 is 0 Å². The maximum Gasteiger partial charge on any atom is 0.430 e. The fourth-order valence-electron chi connectivity index (χ4n) is 2.09. The number of carbonyl (C=O) groups excluding carboxylic acids is 3. The van der Waals surface area contributed by atoms with E-state index in [0.29, 0.717) is 10.0 Å². The number of ether oxygens (including phenoxy) is 1. The van der Waals surface area contributed by atoms with Gasteiger partial charge in [0.1, 0.15) is 11.4 Å². The number of halogens is 1.